The second-order valence-electron chi connectivity index (χ2n) is 4.56. The van der Waals surface area contributed by atoms with Gasteiger partial charge in [-0.15, -0.1) is 0 Å². The van der Waals surface area contributed by atoms with Gasteiger partial charge in [-0.3, -0.25) is 0 Å². The van der Waals surface area contributed by atoms with E-state index in [0.29, 0.717) is 0 Å². The van der Waals surface area contributed by atoms with Gasteiger partial charge in [-0.2, -0.15) is 0 Å². The summed E-state index contributed by atoms with van der Waals surface area (Å²) < 4.78 is 0. The second kappa shape index (κ2) is 4.67. The van der Waals surface area contributed by atoms with Crippen LogP contribution >= 0.6 is 0 Å². The van der Waals surface area contributed by atoms with Crippen molar-refractivity contribution in [3.8, 4) is 0 Å². The van der Waals surface area contributed by atoms with Crippen molar-refractivity contribution in [2.45, 2.75) is 31.7 Å². The molecule has 2 N–H and O–H groups in total. The number of nitrogens with zero attached hydrogens (tertiary/aromatic N) is 1. The third kappa shape index (κ3) is 3.24. The molecule has 1 aromatic rings. The smallest absolute Gasteiger partial charge is 0.0314 e. The predicted molar refractivity (Wildman–Crippen MR) is 64.8 cm³/mol. The highest BCUT2D eigenvalue weighted by atomic mass is 15.1. The lowest BCUT2D eigenvalue weighted by molar-refractivity contribution is 0.319. The minimum absolute atomic E-state index is 0.855. The lowest BCUT2D eigenvalue weighted by atomic mass is 10.1. The van der Waals surface area contributed by atoms with E-state index in [0.717, 1.165) is 18.2 Å². The molecule has 0 unspecified atom stereocenters. The van der Waals surface area contributed by atoms with Crippen LogP contribution in [0.15, 0.2) is 24.3 Å². The van der Waals surface area contributed by atoms with Gasteiger partial charge in [0.2, 0.25) is 0 Å². The Balaban J connectivity index is 1.70. The van der Waals surface area contributed by atoms with E-state index in [9.17, 15) is 0 Å². The normalized spacial score (nSPS) is 15.9. The number of benzene rings is 1. The minimum atomic E-state index is 0.855. The summed E-state index contributed by atoms with van der Waals surface area (Å²) in [7, 11) is 2.24. The molecule has 0 spiro atoms. The van der Waals surface area contributed by atoms with Gasteiger partial charge in [0.25, 0.3) is 0 Å². The average molecular weight is 204 g/mol. The zero-order valence-corrected chi connectivity index (χ0v) is 9.45. The van der Waals surface area contributed by atoms with Crippen LogP contribution in [0.5, 0.6) is 0 Å². The average Bonchev–Trinajstić information content (AvgIpc) is 3.04. The van der Waals surface area contributed by atoms with Gasteiger partial charge in [0.15, 0.2) is 0 Å². The van der Waals surface area contributed by atoms with Crippen molar-refractivity contribution in [3.05, 3.63) is 29.8 Å². The van der Waals surface area contributed by atoms with E-state index >= 15 is 0 Å². The first-order valence-corrected chi connectivity index (χ1v) is 5.80. The van der Waals surface area contributed by atoms with Crippen LogP contribution in [-0.2, 0) is 6.42 Å². The maximum atomic E-state index is 5.64. The lowest BCUT2D eigenvalue weighted by Crippen LogP contribution is -2.22. The van der Waals surface area contributed by atoms with E-state index in [1.54, 1.807) is 0 Å². The Hall–Kier alpha value is -1.02. The molecule has 15 heavy (non-hydrogen) atoms. The molecule has 1 aromatic carbocycles. The van der Waals surface area contributed by atoms with Crippen LogP contribution in [0.1, 0.15) is 24.8 Å². The number of nitrogen functional groups attached to an aromatic ring is 1. The van der Waals surface area contributed by atoms with Gasteiger partial charge in [0.1, 0.15) is 0 Å². The third-order valence-corrected chi connectivity index (χ3v) is 3.13. The Labute approximate surface area is 92.1 Å². The molecular weight excluding hydrogens is 184 g/mol. The summed E-state index contributed by atoms with van der Waals surface area (Å²) in [6.07, 6.45) is 5.21. The zero-order valence-electron chi connectivity index (χ0n) is 9.45. The van der Waals surface area contributed by atoms with E-state index in [2.05, 4.69) is 24.1 Å². The monoisotopic (exact) mass is 204 g/mol. The molecule has 0 heterocycles. The lowest BCUT2D eigenvalue weighted by Gasteiger charge is -2.14. The Morgan fingerprint density at radius 3 is 2.53 bits per heavy atom. The van der Waals surface area contributed by atoms with E-state index in [-0.39, 0.29) is 0 Å². The van der Waals surface area contributed by atoms with E-state index < -0.39 is 0 Å². The first kappa shape index (κ1) is 10.5. The van der Waals surface area contributed by atoms with E-state index in [1.165, 1.54) is 31.4 Å². The van der Waals surface area contributed by atoms with Crippen LogP contribution in [0.3, 0.4) is 0 Å². The fraction of sp³-hybridized carbons (Fsp3) is 0.538. The molecule has 1 aliphatic rings. The molecule has 1 fully saturated rings. The summed E-state index contributed by atoms with van der Waals surface area (Å²) in [5, 5.41) is 0. The second-order valence-corrected chi connectivity index (χ2v) is 4.56. The fourth-order valence-corrected chi connectivity index (χ4v) is 1.91. The molecule has 1 aliphatic carbocycles. The molecular formula is C13H20N2. The number of hydrogen-bond acceptors (Lipinski definition) is 2. The Kier molecular flexibility index (Phi) is 3.27. The number of hydrogen-bond donors (Lipinski definition) is 1. The van der Waals surface area contributed by atoms with Crippen molar-refractivity contribution < 1.29 is 0 Å². The largest absolute Gasteiger partial charge is 0.399 e. The summed E-state index contributed by atoms with van der Waals surface area (Å²) in [5.41, 5.74) is 7.90. The highest BCUT2D eigenvalue weighted by Crippen LogP contribution is 2.25. The maximum absolute atomic E-state index is 5.64. The van der Waals surface area contributed by atoms with Crippen molar-refractivity contribution in [2.24, 2.45) is 0 Å². The number of aryl methyl sites for hydroxylation is 1. The number of anilines is 1. The first-order valence-electron chi connectivity index (χ1n) is 5.80. The summed E-state index contributed by atoms with van der Waals surface area (Å²) >= 11 is 0. The van der Waals surface area contributed by atoms with Crippen LogP contribution in [0, 0.1) is 0 Å². The maximum Gasteiger partial charge on any atom is 0.0314 e. The molecule has 2 nitrogen and oxygen atoms in total. The SMILES string of the molecule is CN(CCCc1ccc(N)cc1)C1CC1. The fourth-order valence-electron chi connectivity index (χ4n) is 1.91. The molecule has 2 rings (SSSR count). The highest BCUT2D eigenvalue weighted by molar-refractivity contribution is 5.39. The molecule has 0 saturated heterocycles. The number of nitrogens with two attached hydrogens (primary N) is 1. The summed E-state index contributed by atoms with van der Waals surface area (Å²) in [6.45, 7) is 1.22. The van der Waals surface area contributed by atoms with Crippen LogP contribution in [0.25, 0.3) is 0 Å². The van der Waals surface area contributed by atoms with Crippen LogP contribution < -0.4 is 5.73 Å². The Morgan fingerprint density at radius 2 is 1.93 bits per heavy atom. The van der Waals surface area contributed by atoms with Gasteiger partial charge >= 0.3 is 0 Å². The molecule has 0 radical (unpaired) electrons. The quantitative estimate of drug-likeness (QED) is 0.746. The molecule has 0 atom stereocenters. The summed E-state index contributed by atoms with van der Waals surface area (Å²) in [4.78, 5) is 2.48. The topological polar surface area (TPSA) is 29.3 Å². The first-order chi connectivity index (χ1) is 7.25. The van der Waals surface area contributed by atoms with E-state index in [1.807, 2.05) is 12.1 Å². The predicted octanol–water partition coefficient (Wildman–Crippen LogP) is 2.30. The van der Waals surface area contributed by atoms with Crippen LogP contribution in [0.2, 0.25) is 0 Å². The van der Waals surface area contributed by atoms with Crippen molar-refractivity contribution in [1.29, 1.82) is 0 Å². The summed E-state index contributed by atoms with van der Waals surface area (Å²) in [5.74, 6) is 0. The zero-order chi connectivity index (χ0) is 10.7. The molecule has 2 heteroatoms. The van der Waals surface area contributed by atoms with Crippen molar-refractivity contribution in [2.75, 3.05) is 19.3 Å². The van der Waals surface area contributed by atoms with Crippen LogP contribution in [0.4, 0.5) is 5.69 Å². The van der Waals surface area contributed by atoms with Gasteiger partial charge in [-0.05, 0) is 57.0 Å². The molecule has 0 aliphatic heterocycles. The van der Waals surface area contributed by atoms with Gasteiger partial charge < -0.3 is 10.6 Å². The molecule has 0 bridgehead atoms. The molecule has 82 valence electrons. The van der Waals surface area contributed by atoms with Gasteiger partial charge in [-0.1, -0.05) is 12.1 Å². The Morgan fingerprint density at radius 1 is 1.27 bits per heavy atom. The molecule has 1 saturated carbocycles. The standard InChI is InChI=1S/C13H20N2/c1-15(13-8-9-13)10-2-3-11-4-6-12(14)7-5-11/h4-7,13H,2-3,8-10,14H2,1H3. The van der Waals surface area contributed by atoms with Crippen molar-refractivity contribution in [3.63, 3.8) is 0 Å². The van der Waals surface area contributed by atoms with Crippen LogP contribution in [-0.4, -0.2) is 24.5 Å². The number of rotatable bonds is 5. The minimum Gasteiger partial charge on any atom is -0.399 e. The Bertz CT molecular complexity index is 301. The van der Waals surface area contributed by atoms with Gasteiger partial charge in [0, 0.05) is 11.7 Å². The van der Waals surface area contributed by atoms with Crippen molar-refractivity contribution in [1.82, 2.24) is 4.90 Å². The van der Waals surface area contributed by atoms with E-state index in [4.69, 9.17) is 5.73 Å². The molecule has 0 amide bonds. The summed E-state index contributed by atoms with van der Waals surface area (Å²) in [6, 6.07) is 9.12. The molecule has 0 aromatic heterocycles. The van der Waals surface area contributed by atoms with Crippen molar-refractivity contribution >= 4 is 5.69 Å². The van der Waals surface area contributed by atoms with Gasteiger partial charge in [0.05, 0.1) is 0 Å². The highest BCUT2D eigenvalue weighted by Gasteiger charge is 2.25. The van der Waals surface area contributed by atoms with Gasteiger partial charge in [-0.25, -0.2) is 0 Å². The third-order valence-electron chi connectivity index (χ3n) is 3.13.